The molecule has 154 valence electrons. The maximum absolute atomic E-state index is 11.9. The summed E-state index contributed by atoms with van der Waals surface area (Å²) in [6, 6.07) is 7.64. The predicted molar refractivity (Wildman–Crippen MR) is 110 cm³/mol. The summed E-state index contributed by atoms with van der Waals surface area (Å²) in [5.41, 5.74) is 1.98. The maximum atomic E-state index is 11.9. The van der Waals surface area contributed by atoms with Crippen LogP contribution in [0.25, 0.3) is 10.9 Å². The molecule has 0 aliphatic carbocycles. The molecule has 0 spiro atoms. The molecule has 0 bridgehead atoms. The monoisotopic (exact) mass is 397 g/mol. The average molecular weight is 397 g/mol. The van der Waals surface area contributed by atoms with Gasteiger partial charge >= 0.3 is 0 Å². The third-order valence-corrected chi connectivity index (χ3v) is 5.34. The Morgan fingerprint density at radius 2 is 2.31 bits per heavy atom. The molecular formula is C21H27N5O3. The first-order valence-electron chi connectivity index (χ1n) is 10.1. The third kappa shape index (κ3) is 4.44. The largest absolute Gasteiger partial charge is 0.490 e. The standard InChI is InChI=1S/C21H27N5O3/c1-2-26-12-14(10-24-26)21-18(6-7-20(28)25-21)23-11-15(27)13-29-19-5-3-4-17-16(19)8-9-22-17/h3-5,8-10,12,15,18,21-23,27H,2,6-7,11,13H2,1H3,(H,25,28)/t15?,18-,21+/m1/s1. The van der Waals surface area contributed by atoms with Crippen LogP contribution in [0.5, 0.6) is 5.75 Å². The molecule has 0 radical (unpaired) electrons. The van der Waals surface area contributed by atoms with Gasteiger partial charge in [-0.25, -0.2) is 0 Å². The van der Waals surface area contributed by atoms with Crippen LogP contribution in [0.3, 0.4) is 0 Å². The molecule has 1 aliphatic heterocycles. The highest BCUT2D eigenvalue weighted by molar-refractivity contribution is 5.85. The summed E-state index contributed by atoms with van der Waals surface area (Å²) in [6.45, 7) is 3.37. The number of ether oxygens (including phenoxy) is 1. The maximum Gasteiger partial charge on any atom is 0.220 e. The van der Waals surface area contributed by atoms with Crippen molar-refractivity contribution >= 4 is 16.8 Å². The zero-order valence-electron chi connectivity index (χ0n) is 16.5. The Kier molecular flexibility index (Phi) is 5.82. The van der Waals surface area contributed by atoms with Crippen LogP contribution in [0, 0.1) is 0 Å². The van der Waals surface area contributed by atoms with Crippen LogP contribution in [0.1, 0.15) is 31.4 Å². The Labute approximate surface area is 169 Å². The van der Waals surface area contributed by atoms with Gasteiger partial charge in [0.15, 0.2) is 0 Å². The second-order valence-corrected chi connectivity index (χ2v) is 7.39. The second kappa shape index (κ2) is 8.67. The van der Waals surface area contributed by atoms with Gasteiger partial charge in [-0.1, -0.05) is 6.07 Å². The molecule has 1 amide bonds. The quantitative estimate of drug-likeness (QED) is 0.463. The fourth-order valence-electron chi connectivity index (χ4n) is 3.76. The lowest BCUT2D eigenvalue weighted by Crippen LogP contribution is -2.50. The number of carbonyl (C=O) groups excluding carboxylic acids is 1. The molecule has 8 heteroatoms. The summed E-state index contributed by atoms with van der Waals surface area (Å²) < 4.78 is 7.68. The van der Waals surface area contributed by atoms with Crippen LogP contribution < -0.4 is 15.4 Å². The van der Waals surface area contributed by atoms with Gasteiger partial charge in [-0.05, 0) is 31.5 Å². The Bertz CT molecular complexity index is 966. The number of aromatic amines is 1. The summed E-state index contributed by atoms with van der Waals surface area (Å²) in [5, 5.41) is 22.2. The van der Waals surface area contributed by atoms with Crippen LogP contribution >= 0.6 is 0 Å². The van der Waals surface area contributed by atoms with Crippen molar-refractivity contribution in [3.05, 3.63) is 48.4 Å². The topological polar surface area (TPSA) is 104 Å². The molecule has 3 aromatic rings. The van der Waals surface area contributed by atoms with Gasteiger partial charge in [0, 0.05) is 54.4 Å². The Hall–Kier alpha value is -2.84. The smallest absolute Gasteiger partial charge is 0.220 e. The van der Waals surface area contributed by atoms with E-state index >= 15 is 0 Å². The number of nitrogens with one attached hydrogen (secondary N) is 3. The number of nitrogens with zero attached hydrogens (tertiary/aromatic N) is 2. The van der Waals surface area contributed by atoms with Gasteiger partial charge in [0.1, 0.15) is 18.5 Å². The molecule has 3 heterocycles. The number of fused-ring (bicyclic) bond motifs is 1. The van der Waals surface area contributed by atoms with Crippen LogP contribution in [0.4, 0.5) is 0 Å². The fraction of sp³-hybridized carbons (Fsp3) is 0.429. The minimum absolute atomic E-state index is 0.0324. The predicted octanol–water partition coefficient (Wildman–Crippen LogP) is 1.73. The highest BCUT2D eigenvalue weighted by Gasteiger charge is 2.30. The molecule has 2 aromatic heterocycles. The highest BCUT2D eigenvalue weighted by Crippen LogP contribution is 2.25. The van der Waals surface area contributed by atoms with Gasteiger partial charge in [0.05, 0.1) is 12.2 Å². The zero-order valence-corrected chi connectivity index (χ0v) is 16.5. The van der Waals surface area contributed by atoms with E-state index in [4.69, 9.17) is 4.74 Å². The molecule has 1 aliphatic rings. The second-order valence-electron chi connectivity index (χ2n) is 7.39. The van der Waals surface area contributed by atoms with E-state index < -0.39 is 6.10 Å². The molecule has 8 nitrogen and oxygen atoms in total. The molecule has 1 aromatic carbocycles. The number of aryl methyl sites for hydroxylation is 1. The molecule has 1 saturated heterocycles. The number of amides is 1. The molecule has 4 rings (SSSR count). The lowest BCUT2D eigenvalue weighted by molar-refractivity contribution is -0.123. The van der Waals surface area contributed by atoms with E-state index in [1.807, 2.05) is 48.3 Å². The first kappa shape index (κ1) is 19.5. The van der Waals surface area contributed by atoms with E-state index in [9.17, 15) is 9.90 Å². The number of piperidine rings is 1. The van der Waals surface area contributed by atoms with Crippen LogP contribution in [0.15, 0.2) is 42.9 Å². The number of aliphatic hydroxyl groups is 1. The number of rotatable bonds is 8. The molecule has 1 unspecified atom stereocenters. The van der Waals surface area contributed by atoms with E-state index in [0.29, 0.717) is 19.4 Å². The summed E-state index contributed by atoms with van der Waals surface area (Å²) in [7, 11) is 0. The van der Waals surface area contributed by atoms with Crippen molar-refractivity contribution in [2.24, 2.45) is 0 Å². The van der Waals surface area contributed by atoms with Crippen molar-refractivity contribution in [2.75, 3.05) is 13.2 Å². The number of hydrogen-bond acceptors (Lipinski definition) is 5. The molecule has 1 fully saturated rings. The number of hydrogen-bond donors (Lipinski definition) is 4. The Morgan fingerprint density at radius 3 is 3.14 bits per heavy atom. The molecule has 29 heavy (non-hydrogen) atoms. The first-order valence-corrected chi connectivity index (χ1v) is 10.1. The van der Waals surface area contributed by atoms with Gasteiger partial charge in [-0.3, -0.25) is 9.48 Å². The van der Waals surface area contributed by atoms with Crippen molar-refractivity contribution in [3.63, 3.8) is 0 Å². The Balaban J connectivity index is 1.34. The normalized spacial score (nSPS) is 20.6. The molecule has 3 atom stereocenters. The molecular weight excluding hydrogens is 370 g/mol. The summed E-state index contributed by atoms with van der Waals surface area (Å²) in [4.78, 5) is 15.1. The van der Waals surface area contributed by atoms with Crippen molar-refractivity contribution in [3.8, 4) is 5.75 Å². The van der Waals surface area contributed by atoms with Crippen LogP contribution in [0.2, 0.25) is 0 Å². The van der Waals surface area contributed by atoms with Crippen LogP contribution in [-0.2, 0) is 11.3 Å². The van der Waals surface area contributed by atoms with Crippen molar-refractivity contribution < 1.29 is 14.6 Å². The summed E-state index contributed by atoms with van der Waals surface area (Å²) >= 11 is 0. The fourth-order valence-corrected chi connectivity index (χ4v) is 3.76. The lowest BCUT2D eigenvalue weighted by Gasteiger charge is -2.33. The van der Waals surface area contributed by atoms with E-state index in [1.54, 1.807) is 6.20 Å². The number of H-pyrrole nitrogens is 1. The first-order chi connectivity index (χ1) is 14.1. The minimum Gasteiger partial charge on any atom is -0.490 e. The van der Waals surface area contributed by atoms with Gasteiger partial charge in [-0.2, -0.15) is 5.10 Å². The number of aromatic nitrogens is 3. The third-order valence-electron chi connectivity index (χ3n) is 5.34. The van der Waals surface area contributed by atoms with E-state index in [0.717, 1.165) is 28.8 Å². The summed E-state index contributed by atoms with van der Waals surface area (Å²) in [6.07, 6.45) is 6.14. The molecule has 0 saturated carbocycles. The van der Waals surface area contributed by atoms with Gasteiger partial charge in [0.2, 0.25) is 5.91 Å². The van der Waals surface area contributed by atoms with Gasteiger partial charge in [-0.15, -0.1) is 0 Å². The lowest BCUT2D eigenvalue weighted by atomic mass is 9.93. The zero-order chi connectivity index (χ0) is 20.2. The average Bonchev–Trinajstić information content (AvgIpc) is 3.40. The SMILES string of the molecule is CCn1cc([C@@H]2NC(=O)CC[C@H]2NCC(O)COc2cccc3[nH]ccc23)cn1. The molecule has 4 N–H and O–H groups in total. The van der Waals surface area contributed by atoms with Crippen molar-refractivity contribution in [1.82, 2.24) is 25.4 Å². The minimum atomic E-state index is -0.666. The summed E-state index contributed by atoms with van der Waals surface area (Å²) in [5.74, 6) is 0.790. The number of aliphatic hydroxyl groups excluding tert-OH is 1. The van der Waals surface area contributed by atoms with E-state index in [2.05, 4.69) is 20.7 Å². The number of carbonyl (C=O) groups is 1. The van der Waals surface area contributed by atoms with E-state index in [-0.39, 0.29) is 24.6 Å². The highest BCUT2D eigenvalue weighted by atomic mass is 16.5. The van der Waals surface area contributed by atoms with Crippen molar-refractivity contribution in [2.45, 2.75) is 44.5 Å². The van der Waals surface area contributed by atoms with Gasteiger partial charge < -0.3 is 25.5 Å². The Morgan fingerprint density at radius 1 is 1.41 bits per heavy atom. The van der Waals surface area contributed by atoms with Crippen molar-refractivity contribution in [1.29, 1.82) is 0 Å². The van der Waals surface area contributed by atoms with Crippen LogP contribution in [-0.4, -0.2) is 51.1 Å². The number of benzene rings is 1. The van der Waals surface area contributed by atoms with Gasteiger partial charge in [0.25, 0.3) is 0 Å². The van der Waals surface area contributed by atoms with E-state index in [1.165, 1.54) is 0 Å².